The number of aryl methyl sites for hydroxylation is 1. The largest absolute Gasteiger partial charge is 0.382 e. The van der Waals surface area contributed by atoms with Crippen molar-refractivity contribution >= 4 is 29.0 Å². The van der Waals surface area contributed by atoms with E-state index in [0.29, 0.717) is 5.95 Å². The van der Waals surface area contributed by atoms with Crippen LogP contribution in [0.2, 0.25) is 0 Å². The zero-order valence-electron chi connectivity index (χ0n) is 14.3. The van der Waals surface area contributed by atoms with Crippen LogP contribution in [0.25, 0.3) is 11.0 Å². The molecule has 2 aromatic rings. The van der Waals surface area contributed by atoms with Crippen LogP contribution in [0.4, 0.5) is 5.95 Å². The predicted octanol–water partition coefficient (Wildman–Crippen LogP) is 2.66. The van der Waals surface area contributed by atoms with E-state index in [1.807, 2.05) is 26.1 Å². The van der Waals surface area contributed by atoms with Gasteiger partial charge in [-0.25, -0.2) is 4.98 Å². The Labute approximate surface area is 141 Å². The molecule has 4 N–H and O–H groups in total. The van der Waals surface area contributed by atoms with Crippen molar-refractivity contribution in [2.75, 3.05) is 0 Å². The summed E-state index contributed by atoms with van der Waals surface area (Å²) >= 11 is 0. The number of hydrazone groups is 1. The number of aliphatic imine (C=N–C) groups is 1. The van der Waals surface area contributed by atoms with Crippen molar-refractivity contribution < 1.29 is 0 Å². The average Bonchev–Trinajstić information content (AvgIpc) is 3.22. The standard InChI is InChI=1S/C17H25N7/c1-11(2)24-20-10-15(18)22-17-21-14(5-3-4-12-6-7-12)13-8-9-19-16(13)23-17/h8-12,24H,3-7H2,1-2H3,(H3,18,19,21,22,23)/b20-10-. The summed E-state index contributed by atoms with van der Waals surface area (Å²) in [5, 5.41) is 5.09. The van der Waals surface area contributed by atoms with Gasteiger partial charge in [-0.05, 0) is 38.7 Å². The second kappa shape index (κ2) is 7.42. The summed E-state index contributed by atoms with van der Waals surface area (Å²) in [6.07, 6.45) is 9.52. The number of nitrogens with zero attached hydrogens (tertiary/aromatic N) is 4. The molecule has 0 unspecified atom stereocenters. The third-order valence-electron chi connectivity index (χ3n) is 3.96. The zero-order chi connectivity index (χ0) is 16.9. The number of H-pyrrole nitrogens is 1. The molecule has 1 fully saturated rings. The normalized spacial score (nSPS) is 15.7. The molecule has 7 nitrogen and oxygen atoms in total. The Hall–Kier alpha value is -2.44. The molecular weight excluding hydrogens is 302 g/mol. The van der Waals surface area contributed by atoms with Gasteiger partial charge in [-0.3, -0.25) is 0 Å². The van der Waals surface area contributed by atoms with Crippen LogP contribution in [0, 0.1) is 5.92 Å². The molecule has 3 rings (SSSR count). The number of rotatable bonds is 8. The van der Waals surface area contributed by atoms with Gasteiger partial charge >= 0.3 is 0 Å². The van der Waals surface area contributed by atoms with E-state index in [1.165, 1.54) is 25.5 Å². The van der Waals surface area contributed by atoms with Gasteiger partial charge in [0.15, 0.2) is 0 Å². The summed E-state index contributed by atoms with van der Waals surface area (Å²) in [7, 11) is 0. The number of amidine groups is 1. The molecule has 0 saturated heterocycles. The Morgan fingerprint density at radius 1 is 1.46 bits per heavy atom. The molecule has 0 bridgehead atoms. The Bertz CT molecular complexity index is 740. The van der Waals surface area contributed by atoms with Crippen molar-refractivity contribution in [2.24, 2.45) is 21.7 Å². The number of nitrogens with one attached hydrogen (secondary N) is 2. The van der Waals surface area contributed by atoms with E-state index in [-0.39, 0.29) is 11.9 Å². The monoisotopic (exact) mass is 327 g/mol. The summed E-state index contributed by atoms with van der Waals surface area (Å²) < 4.78 is 0. The molecule has 1 aliphatic carbocycles. The molecule has 2 aromatic heterocycles. The van der Waals surface area contributed by atoms with Crippen LogP contribution >= 0.6 is 0 Å². The van der Waals surface area contributed by atoms with E-state index in [9.17, 15) is 0 Å². The highest BCUT2D eigenvalue weighted by molar-refractivity contribution is 6.29. The van der Waals surface area contributed by atoms with Gasteiger partial charge in [-0.2, -0.15) is 15.1 Å². The highest BCUT2D eigenvalue weighted by Crippen LogP contribution is 2.34. The first-order valence-corrected chi connectivity index (χ1v) is 8.58. The smallest absolute Gasteiger partial charge is 0.253 e. The summed E-state index contributed by atoms with van der Waals surface area (Å²) in [5.41, 5.74) is 10.6. The maximum Gasteiger partial charge on any atom is 0.253 e. The van der Waals surface area contributed by atoms with Gasteiger partial charge < -0.3 is 16.1 Å². The molecule has 0 atom stereocenters. The molecule has 1 saturated carbocycles. The number of aromatic nitrogens is 3. The Morgan fingerprint density at radius 2 is 2.29 bits per heavy atom. The Morgan fingerprint density at radius 3 is 3.04 bits per heavy atom. The van der Waals surface area contributed by atoms with Crippen molar-refractivity contribution in [1.82, 2.24) is 20.4 Å². The summed E-state index contributed by atoms with van der Waals surface area (Å²) in [5.74, 6) is 1.59. The van der Waals surface area contributed by atoms with E-state index in [1.54, 1.807) is 0 Å². The fourth-order valence-corrected chi connectivity index (χ4v) is 2.59. The molecule has 1 aliphatic rings. The van der Waals surface area contributed by atoms with Crippen LogP contribution in [0.15, 0.2) is 22.4 Å². The van der Waals surface area contributed by atoms with Crippen molar-refractivity contribution in [3.05, 3.63) is 18.0 Å². The first-order chi connectivity index (χ1) is 11.6. The molecular formula is C17H25N7. The van der Waals surface area contributed by atoms with Crippen LogP contribution in [-0.2, 0) is 6.42 Å². The third-order valence-corrected chi connectivity index (χ3v) is 3.96. The molecule has 0 radical (unpaired) electrons. The lowest BCUT2D eigenvalue weighted by Gasteiger charge is -2.04. The van der Waals surface area contributed by atoms with Crippen molar-refractivity contribution in [2.45, 2.75) is 52.0 Å². The highest BCUT2D eigenvalue weighted by Gasteiger charge is 2.20. The molecule has 0 amide bonds. The molecule has 0 aliphatic heterocycles. The van der Waals surface area contributed by atoms with Crippen LogP contribution in [-0.4, -0.2) is 33.0 Å². The molecule has 2 heterocycles. The summed E-state index contributed by atoms with van der Waals surface area (Å²) in [6, 6.07) is 2.27. The second-order valence-electron chi connectivity index (χ2n) is 6.62. The number of aromatic amines is 1. The van der Waals surface area contributed by atoms with E-state index >= 15 is 0 Å². The first kappa shape index (κ1) is 16.4. The topological polar surface area (TPSA) is 104 Å². The second-order valence-corrected chi connectivity index (χ2v) is 6.62. The number of fused-ring (bicyclic) bond motifs is 1. The van der Waals surface area contributed by atoms with Gasteiger partial charge in [0.2, 0.25) is 0 Å². The summed E-state index contributed by atoms with van der Waals surface area (Å²) in [4.78, 5) is 16.4. The third kappa shape index (κ3) is 4.53. The van der Waals surface area contributed by atoms with Crippen LogP contribution in [0.5, 0.6) is 0 Å². The van der Waals surface area contributed by atoms with E-state index in [0.717, 1.165) is 35.5 Å². The molecule has 7 heteroatoms. The van der Waals surface area contributed by atoms with E-state index in [2.05, 4.69) is 30.5 Å². The minimum absolute atomic E-state index is 0.249. The molecule has 24 heavy (non-hydrogen) atoms. The van der Waals surface area contributed by atoms with Gasteiger partial charge in [0.05, 0.1) is 11.9 Å². The van der Waals surface area contributed by atoms with Crippen LogP contribution in [0.3, 0.4) is 0 Å². The average molecular weight is 327 g/mol. The maximum absolute atomic E-state index is 5.88. The Kier molecular flexibility index (Phi) is 5.08. The van der Waals surface area contributed by atoms with Gasteiger partial charge in [0.25, 0.3) is 5.95 Å². The van der Waals surface area contributed by atoms with Crippen LogP contribution in [0.1, 0.15) is 45.2 Å². The Balaban J connectivity index is 1.75. The maximum atomic E-state index is 5.88. The fraction of sp³-hybridized carbons (Fsp3) is 0.529. The number of hydrogen-bond donors (Lipinski definition) is 3. The zero-order valence-corrected chi connectivity index (χ0v) is 14.3. The quantitative estimate of drug-likeness (QED) is 0.394. The number of hydrogen-bond acceptors (Lipinski definition) is 5. The van der Waals surface area contributed by atoms with Gasteiger partial charge in [-0.15, -0.1) is 0 Å². The van der Waals surface area contributed by atoms with Crippen molar-refractivity contribution in [3.63, 3.8) is 0 Å². The van der Waals surface area contributed by atoms with Crippen LogP contribution < -0.4 is 11.2 Å². The van der Waals surface area contributed by atoms with Crippen molar-refractivity contribution in [3.8, 4) is 0 Å². The van der Waals surface area contributed by atoms with E-state index in [4.69, 9.17) is 5.73 Å². The number of nitrogens with two attached hydrogens (primary N) is 1. The van der Waals surface area contributed by atoms with Gasteiger partial charge in [0, 0.05) is 17.6 Å². The lowest BCUT2D eigenvalue weighted by Crippen LogP contribution is -2.20. The van der Waals surface area contributed by atoms with Gasteiger partial charge in [0.1, 0.15) is 11.5 Å². The minimum Gasteiger partial charge on any atom is -0.382 e. The van der Waals surface area contributed by atoms with Crippen molar-refractivity contribution in [1.29, 1.82) is 0 Å². The fourth-order valence-electron chi connectivity index (χ4n) is 2.59. The first-order valence-electron chi connectivity index (χ1n) is 8.58. The molecule has 0 spiro atoms. The lowest BCUT2D eigenvalue weighted by atomic mass is 10.1. The molecule has 128 valence electrons. The lowest BCUT2D eigenvalue weighted by molar-refractivity contribution is 0.623. The van der Waals surface area contributed by atoms with E-state index < -0.39 is 0 Å². The highest BCUT2D eigenvalue weighted by atomic mass is 15.3. The minimum atomic E-state index is 0.249. The summed E-state index contributed by atoms with van der Waals surface area (Å²) in [6.45, 7) is 4.00. The predicted molar refractivity (Wildman–Crippen MR) is 97.6 cm³/mol. The SMILES string of the molecule is CC(C)N/N=C\C(N)=Nc1nc(CCCC2CC2)c2cc[nH]c2n1. The molecule has 0 aromatic carbocycles. The van der Waals surface area contributed by atoms with Gasteiger partial charge in [-0.1, -0.05) is 19.3 Å².